The van der Waals surface area contributed by atoms with Gasteiger partial charge in [0, 0.05) is 44.4 Å². The largest absolute Gasteiger partial charge is 0.456 e. The molecule has 13 aromatic rings. The number of hydrogen-bond acceptors (Lipinski definition) is 3. The van der Waals surface area contributed by atoms with E-state index >= 15 is 0 Å². The van der Waals surface area contributed by atoms with Gasteiger partial charge in [-0.1, -0.05) is 224 Å². The van der Waals surface area contributed by atoms with E-state index in [9.17, 15) is 0 Å². The molecule has 0 aliphatic carbocycles. The topological polar surface area (TPSA) is 19.6 Å². The van der Waals surface area contributed by atoms with Crippen molar-refractivity contribution in [3.8, 4) is 44.5 Å². The van der Waals surface area contributed by atoms with Crippen LogP contribution in [0.3, 0.4) is 0 Å². The smallest absolute Gasteiger partial charge is 0.136 e. The minimum atomic E-state index is -0.0800. The van der Waals surface area contributed by atoms with Gasteiger partial charge >= 0.3 is 0 Å². The van der Waals surface area contributed by atoms with Crippen LogP contribution in [0.5, 0.6) is 0 Å². The summed E-state index contributed by atoms with van der Waals surface area (Å²) in [6.07, 6.45) is 0. The molecule has 0 radical (unpaired) electrons. The van der Waals surface area contributed by atoms with Crippen LogP contribution in [0, 0.1) is 13.8 Å². The van der Waals surface area contributed by atoms with E-state index < -0.39 is 0 Å². The molecule has 0 amide bonds. The van der Waals surface area contributed by atoms with Gasteiger partial charge in [-0.3, -0.25) is 0 Å². The Balaban J connectivity index is 0.991. The summed E-state index contributed by atoms with van der Waals surface area (Å²) in [6, 6.07) is 94.0. The first kappa shape index (κ1) is 51.0. The Morgan fingerprint density at radius 3 is 0.938 bits per heavy atom. The number of benzene rings is 12. The average Bonchev–Trinajstić information content (AvgIpc) is 3.90. The van der Waals surface area contributed by atoms with Crippen LogP contribution in [-0.4, -0.2) is 0 Å². The Morgan fingerprint density at radius 2 is 0.605 bits per heavy atom. The lowest BCUT2D eigenvalue weighted by molar-refractivity contribution is 0.590. The van der Waals surface area contributed by atoms with Crippen molar-refractivity contribution >= 4 is 77.6 Å². The molecule has 394 valence electrons. The van der Waals surface area contributed by atoms with Crippen molar-refractivity contribution in [2.45, 2.75) is 66.2 Å². The first-order valence-electron chi connectivity index (χ1n) is 28.4. The van der Waals surface area contributed by atoms with Crippen molar-refractivity contribution in [3.05, 3.63) is 277 Å². The zero-order chi connectivity index (χ0) is 55.6. The Hall–Kier alpha value is -9.44. The molecule has 0 aliphatic heterocycles. The van der Waals surface area contributed by atoms with Crippen molar-refractivity contribution in [2.75, 3.05) is 9.80 Å². The molecule has 12 aromatic carbocycles. The maximum atomic E-state index is 7.03. The molecule has 3 nitrogen and oxygen atoms in total. The maximum absolute atomic E-state index is 7.03. The number of fused-ring (bicyclic) bond motifs is 5. The van der Waals surface area contributed by atoms with Crippen LogP contribution in [0.15, 0.2) is 259 Å². The van der Waals surface area contributed by atoms with Crippen LogP contribution in [0.25, 0.3) is 88.0 Å². The summed E-state index contributed by atoms with van der Waals surface area (Å²) in [5.74, 6) is 0. The van der Waals surface area contributed by atoms with Gasteiger partial charge in [-0.25, -0.2) is 0 Å². The predicted octanol–water partition coefficient (Wildman–Crippen LogP) is 22.7. The van der Waals surface area contributed by atoms with E-state index in [1.165, 1.54) is 55.6 Å². The van der Waals surface area contributed by atoms with Gasteiger partial charge in [-0.05, 0) is 164 Å². The second-order valence-electron chi connectivity index (χ2n) is 24.0. The number of nitrogens with zero attached hydrogens (tertiary/aromatic N) is 2. The fraction of sp³-hybridized carbons (Fsp3) is 0.128. The molecule has 0 bridgehead atoms. The molecular weight excluding hydrogens is 981 g/mol. The molecule has 0 saturated carbocycles. The SMILES string of the molecule is Cc1ccc(-c2ccccc2)c(N(c2ccc3cc4c(cc3c2)oc2cc3cc(N(c5cc(C)ccc5-c5ccccc5)c5cc(C(C)(C)C)ccc5-c5ccccc5)ccc3cc24)c2cc(C(C)(C)C)ccc2-c2ccccc2)c1. The minimum absolute atomic E-state index is 0.0800. The minimum Gasteiger partial charge on any atom is -0.456 e. The van der Waals surface area contributed by atoms with E-state index in [0.717, 1.165) is 88.7 Å². The van der Waals surface area contributed by atoms with Crippen molar-refractivity contribution < 1.29 is 4.42 Å². The lowest BCUT2D eigenvalue weighted by Gasteiger charge is -2.32. The summed E-state index contributed by atoms with van der Waals surface area (Å²) in [4.78, 5) is 4.98. The molecule has 81 heavy (non-hydrogen) atoms. The van der Waals surface area contributed by atoms with E-state index in [2.05, 4.69) is 320 Å². The van der Waals surface area contributed by atoms with Gasteiger partial charge in [-0.2, -0.15) is 0 Å². The third-order valence-electron chi connectivity index (χ3n) is 16.2. The quantitative estimate of drug-likeness (QED) is 0.136. The van der Waals surface area contributed by atoms with Gasteiger partial charge in [0.1, 0.15) is 11.2 Å². The predicted molar refractivity (Wildman–Crippen MR) is 347 cm³/mol. The van der Waals surface area contributed by atoms with Gasteiger partial charge < -0.3 is 14.2 Å². The summed E-state index contributed by atoms with van der Waals surface area (Å²) >= 11 is 0. The highest BCUT2D eigenvalue weighted by atomic mass is 16.3. The fourth-order valence-electron chi connectivity index (χ4n) is 11.8. The maximum Gasteiger partial charge on any atom is 0.136 e. The van der Waals surface area contributed by atoms with Crippen LogP contribution in [0.4, 0.5) is 34.1 Å². The summed E-state index contributed by atoms with van der Waals surface area (Å²) in [6.45, 7) is 18.2. The van der Waals surface area contributed by atoms with Gasteiger partial charge in [-0.15, -0.1) is 0 Å². The lowest BCUT2D eigenvalue weighted by Crippen LogP contribution is -2.16. The zero-order valence-corrected chi connectivity index (χ0v) is 47.6. The van der Waals surface area contributed by atoms with Crippen molar-refractivity contribution in [1.29, 1.82) is 0 Å². The lowest BCUT2D eigenvalue weighted by atomic mass is 9.85. The molecular formula is C78H66N2O. The Kier molecular flexibility index (Phi) is 12.8. The van der Waals surface area contributed by atoms with Gasteiger partial charge in [0.25, 0.3) is 0 Å². The summed E-state index contributed by atoms with van der Waals surface area (Å²) in [7, 11) is 0. The number of aryl methyl sites for hydroxylation is 2. The van der Waals surface area contributed by atoms with Crippen LogP contribution < -0.4 is 9.80 Å². The number of furan rings is 1. The Bertz CT molecular complexity index is 4200. The van der Waals surface area contributed by atoms with E-state index in [1.807, 2.05) is 0 Å². The van der Waals surface area contributed by atoms with Crippen LogP contribution in [-0.2, 0) is 10.8 Å². The molecule has 0 fully saturated rings. The summed E-state index contributed by atoms with van der Waals surface area (Å²) < 4.78 is 7.03. The molecule has 3 heteroatoms. The molecule has 0 spiro atoms. The highest BCUT2D eigenvalue weighted by Gasteiger charge is 2.27. The fourth-order valence-corrected chi connectivity index (χ4v) is 11.8. The van der Waals surface area contributed by atoms with Gasteiger partial charge in [0.2, 0.25) is 0 Å². The molecule has 0 unspecified atom stereocenters. The van der Waals surface area contributed by atoms with E-state index in [0.29, 0.717) is 0 Å². The van der Waals surface area contributed by atoms with Crippen LogP contribution in [0.1, 0.15) is 63.8 Å². The van der Waals surface area contributed by atoms with Crippen molar-refractivity contribution in [2.24, 2.45) is 0 Å². The second kappa shape index (κ2) is 20.3. The van der Waals surface area contributed by atoms with Crippen molar-refractivity contribution in [1.82, 2.24) is 0 Å². The second-order valence-corrected chi connectivity index (χ2v) is 24.0. The zero-order valence-electron chi connectivity index (χ0n) is 47.6. The highest BCUT2D eigenvalue weighted by molar-refractivity contribution is 6.14. The first-order valence-corrected chi connectivity index (χ1v) is 28.4. The molecule has 0 saturated heterocycles. The highest BCUT2D eigenvalue weighted by Crippen LogP contribution is 2.50. The normalized spacial score (nSPS) is 12.0. The molecule has 0 aliphatic rings. The number of anilines is 6. The van der Waals surface area contributed by atoms with Gasteiger partial charge in [0.15, 0.2) is 0 Å². The first-order chi connectivity index (χ1) is 39.2. The molecule has 1 heterocycles. The summed E-state index contributed by atoms with van der Waals surface area (Å²) in [5.41, 5.74) is 22.5. The molecule has 0 N–H and O–H groups in total. The van der Waals surface area contributed by atoms with Crippen LogP contribution >= 0.6 is 0 Å². The third kappa shape index (κ3) is 9.74. The summed E-state index contributed by atoms with van der Waals surface area (Å²) in [5, 5.41) is 6.71. The van der Waals surface area contributed by atoms with Crippen LogP contribution in [0.2, 0.25) is 0 Å². The molecule has 1 aromatic heterocycles. The molecule has 13 rings (SSSR count). The third-order valence-corrected chi connectivity index (χ3v) is 16.2. The Morgan fingerprint density at radius 1 is 0.284 bits per heavy atom. The van der Waals surface area contributed by atoms with E-state index in [4.69, 9.17) is 4.42 Å². The number of hydrogen-bond donors (Lipinski definition) is 0. The average molecular weight is 1050 g/mol. The molecule has 0 atom stereocenters. The number of rotatable bonds is 10. The van der Waals surface area contributed by atoms with Crippen molar-refractivity contribution in [3.63, 3.8) is 0 Å². The van der Waals surface area contributed by atoms with E-state index in [-0.39, 0.29) is 10.8 Å². The van der Waals surface area contributed by atoms with E-state index in [1.54, 1.807) is 0 Å². The van der Waals surface area contributed by atoms with Gasteiger partial charge in [0.05, 0.1) is 22.7 Å². The monoisotopic (exact) mass is 1050 g/mol. The standard InChI is InChI=1S/C78H66N2O/c1-51-29-37-65(53-21-13-9-14-22-53)71(41-51)79(73-49-61(77(3,4)5)33-39-67(73)55-25-17-11-18-26-55)63-35-31-57-45-69-70-46-58-32-36-64(44-60(58)48-76(70)81-75(69)47-59(57)43-63)80(72-42-52(2)30-38-66(72)54-23-15-10-16-24-54)74-50-62(78(6,7)8)34-40-68(74)56-27-19-12-20-28-56/h9-50H,1-8H3. The Labute approximate surface area is 477 Å².